The lowest BCUT2D eigenvalue weighted by Crippen LogP contribution is -2.47. The Morgan fingerprint density at radius 2 is 1.82 bits per heavy atom. The highest BCUT2D eigenvalue weighted by Crippen LogP contribution is 2.37. The molecule has 0 radical (unpaired) electrons. The standard InChI is InChI=1S/C15H16N2O5/c18-14-8-11(16-3-5-20-6-4-16)15(19)17(14)10-1-2-12-13(7-10)22-9-21-12/h1-2,7,11H,3-6,8-9H2/t11-/m1/s1. The van der Waals surface area contributed by atoms with Crippen molar-refractivity contribution in [1.29, 1.82) is 0 Å². The lowest BCUT2D eigenvalue weighted by molar-refractivity contribution is -0.123. The fourth-order valence-electron chi connectivity index (χ4n) is 3.09. The van der Waals surface area contributed by atoms with Crippen LogP contribution in [-0.4, -0.2) is 55.9 Å². The molecule has 0 aliphatic carbocycles. The highest BCUT2D eigenvalue weighted by molar-refractivity contribution is 6.22. The third-order valence-electron chi connectivity index (χ3n) is 4.22. The lowest BCUT2D eigenvalue weighted by atomic mass is 10.2. The number of anilines is 1. The molecule has 3 aliphatic rings. The Morgan fingerprint density at radius 3 is 2.64 bits per heavy atom. The summed E-state index contributed by atoms with van der Waals surface area (Å²) in [5.41, 5.74) is 0.537. The SMILES string of the molecule is O=C1C[C@@H](N2CCOCC2)C(=O)N1c1ccc2c(c1)OCO2. The van der Waals surface area contributed by atoms with Crippen LogP contribution in [0.15, 0.2) is 18.2 Å². The van der Waals surface area contributed by atoms with Gasteiger partial charge in [0.05, 0.1) is 31.4 Å². The minimum atomic E-state index is -0.387. The Morgan fingerprint density at radius 1 is 1.05 bits per heavy atom. The van der Waals surface area contributed by atoms with Crippen molar-refractivity contribution in [3.8, 4) is 11.5 Å². The van der Waals surface area contributed by atoms with E-state index in [-0.39, 0.29) is 31.1 Å². The summed E-state index contributed by atoms with van der Waals surface area (Å²) in [6.45, 7) is 2.72. The maximum absolute atomic E-state index is 12.7. The molecule has 0 saturated carbocycles. The van der Waals surface area contributed by atoms with Crippen molar-refractivity contribution in [1.82, 2.24) is 4.90 Å². The van der Waals surface area contributed by atoms with Crippen molar-refractivity contribution >= 4 is 17.5 Å². The van der Waals surface area contributed by atoms with E-state index in [1.54, 1.807) is 18.2 Å². The van der Waals surface area contributed by atoms with Crippen LogP contribution in [0, 0.1) is 0 Å². The number of hydrogen-bond donors (Lipinski definition) is 0. The van der Waals surface area contributed by atoms with Gasteiger partial charge in [-0.3, -0.25) is 14.5 Å². The van der Waals surface area contributed by atoms with E-state index < -0.39 is 0 Å². The van der Waals surface area contributed by atoms with Gasteiger partial charge in [-0.1, -0.05) is 0 Å². The molecule has 7 nitrogen and oxygen atoms in total. The minimum Gasteiger partial charge on any atom is -0.454 e. The number of fused-ring (bicyclic) bond motifs is 1. The lowest BCUT2D eigenvalue weighted by Gasteiger charge is -2.30. The summed E-state index contributed by atoms with van der Waals surface area (Å²) in [6.07, 6.45) is 0.216. The number of imide groups is 1. The Balaban J connectivity index is 1.59. The van der Waals surface area contributed by atoms with Crippen LogP contribution in [-0.2, 0) is 14.3 Å². The van der Waals surface area contributed by atoms with Gasteiger partial charge in [0, 0.05) is 19.2 Å². The third kappa shape index (κ3) is 2.13. The average molecular weight is 304 g/mol. The Kier molecular flexibility index (Phi) is 3.24. The predicted octanol–water partition coefficient (Wildman–Crippen LogP) is 0.379. The Bertz CT molecular complexity index is 626. The maximum atomic E-state index is 12.7. The van der Waals surface area contributed by atoms with Crippen LogP contribution >= 0.6 is 0 Å². The topological polar surface area (TPSA) is 68.3 Å². The van der Waals surface area contributed by atoms with Crippen molar-refractivity contribution in [2.24, 2.45) is 0 Å². The molecule has 1 aromatic carbocycles. The fourth-order valence-corrected chi connectivity index (χ4v) is 3.09. The number of hydrogen-bond acceptors (Lipinski definition) is 6. The summed E-state index contributed by atoms with van der Waals surface area (Å²) in [6, 6.07) is 4.73. The number of ether oxygens (including phenoxy) is 3. The highest BCUT2D eigenvalue weighted by atomic mass is 16.7. The van der Waals surface area contributed by atoms with Gasteiger partial charge in [0.25, 0.3) is 5.91 Å². The molecule has 1 aromatic rings. The molecule has 2 amide bonds. The number of amides is 2. The van der Waals surface area contributed by atoms with Crippen LogP contribution in [0.2, 0.25) is 0 Å². The van der Waals surface area contributed by atoms with Gasteiger partial charge in [0.15, 0.2) is 11.5 Å². The smallest absolute Gasteiger partial charge is 0.251 e. The van der Waals surface area contributed by atoms with Crippen LogP contribution in [0.25, 0.3) is 0 Å². The van der Waals surface area contributed by atoms with Gasteiger partial charge in [-0.15, -0.1) is 0 Å². The van der Waals surface area contributed by atoms with E-state index in [1.807, 2.05) is 4.90 Å². The summed E-state index contributed by atoms with van der Waals surface area (Å²) < 4.78 is 15.9. The summed E-state index contributed by atoms with van der Waals surface area (Å²) in [5, 5.41) is 0. The number of nitrogens with zero attached hydrogens (tertiary/aromatic N) is 2. The highest BCUT2D eigenvalue weighted by Gasteiger charge is 2.43. The first-order chi connectivity index (χ1) is 10.7. The molecule has 116 valence electrons. The van der Waals surface area contributed by atoms with E-state index >= 15 is 0 Å². The number of carbonyl (C=O) groups is 2. The summed E-state index contributed by atoms with van der Waals surface area (Å²) in [4.78, 5) is 28.3. The molecule has 0 N–H and O–H groups in total. The van der Waals surface area contributed by atoms with Crippen molar-refractivity contribution < 1.29 is 23.8 Å². The molecule has 2 saturated heterocycles. The molecule has 0 aromatic heterocycles. The van der Waals surface area contributed by atoms with Crippen LogP contribution < -0.4 is 14.4 Å². The van der Waals surface area contributed by atoms with Crippen molar-refractivity contribution in [3.05, 3.63) is 18.2 Å². The quantitative estimate of drug-likeness (QED) is 0.736. The van der Waals surface area contributed by atoms with Gasteiger partial charge >= 0.3 is 0 Å². The minimum absolute atomic E-state index is 0.164. The van der Waals surface area contributed by atoms with Crippen molar-refractivity contribution in [3.63, 3.8) is 0 Å². The molecule has 22 heavy (non-hydrogen) atoms. The fraction of sp³-hybridized carbons (Fsp3) is 0.467. The maximum Gasteiger partial charge on any atom is 0.251 e. The Labute approximate surface area is 127 Å². The molecule has 2 fully saturated rings. The predicted molar refractivity (Wildman–Crippen MR) is 75.9 cm³/mol. The van der Waals surface area contributed by atoms with Gasteiger partial charge in [0.1, 0.15) is 0 Å². The van der Waals surface area contributed by atoms with Gasteiger partial charge in [-0.2, -0.15) is 0 Å². The van der Waals surface area contributed by atoms with E-state index in [1.165, 1.54) is 4.90 Å². The molecule has 4 rings (SSSR count). The van der Waals surface area contributed by atoms with Crippen molar-refractivity contribution in [2.75, 3.05) is 38.0 Å². The number of rotatable bonds is 2. The second-order valence-corrected chi connectivity index (χ2v) is 5.47. The molecule has 1 atom stereocenters. The molecule has 0 unspecified atom stereocenters. The first kappa shape index (κ1) is 13.5. The molecule has 3 heterocycles. The molecular formula is C15H16N2O5. The van der Waals surface area contributed by atoms with E-state index in [9.17, 15) is 9.59 Å². The van der Waals surface area contributed by atoms with Crippen LogP contribution in [0.5, 0.6) is 11.5 Å². The first-order valence-electron chi connectivity index (χ1n) is 7.32. The molecule has 7 heteroatoms. The third-order valence-corrected chi connectivity index (χ3v) is 4.22. The molecule has 0 spiro atoms. The second kappa shape index (κ2) is 5.26. The van der Waals surface area contributed by atoms with Gasteiger partial charge in [-0.05, 0) is 12.1 Å². The normalized spacial score (nSPS) is 25.1. The van der Waals surface area contributed by atoms with E-state index in [0.29, 0.717) is 43.5 Å². The zero-order valence-electron chi connectivity index (χ0n) is 12.0. The van der Waals surface area contributed by atoms with Crippen molar-refractivity contribution in [2.45, 2.75) is 12.5 Å². The van der Waals surface area contributed by atoms with E-state index in [0.717, 1.165) is 0 Å². The molecular weight excluding hydrogens is 288 g/mol. The number of carbonyl (C=O) groups excluding carboxylic acids is 2. The average Bonchev–Trinajstić information content (AvgIpc) is 3.12. The summed E-state index contributed by atoms with van der Waals surface area (Å²) >= 11 is 0. The largest absolute Gasteiger partial charge is 0.454 e. The monoisotopic (exact) mass is 304 g/mol. The van der Waals surface area contributed by atoms with E-state index in [2.05, 4.69) is 0 Å². The number of morpholine rings is 1. The molecule has 3 aliphatic heterocycles. The van der Waals surface area contributed by atoms with Gasteiger partial charge < -0.3 is 14.2 Å². The zero-order valence-corrected chi connectivity index (χ0v) is 12.0. The van der Waals surface area contributed by atoms with Gasteiger partial charge in [0.2, 0.25) is 12.7 Å². The zero-order chi connectivity index (χ0) is 15.1. The van der Waals surface area contributed by atoms with Gasteiger partial charge in [-0.25, -0.2) is 4.90 Å². The van der Waals surface area contributed by atoms with Crippen LogP contribution in [0.1, 0.15) is 6.42 Å². The number of benzene rings is 1. The summed E-state index contributed by atoms with van der Waals surface area (Å²) in [7, 11) is 0. The first-order valence-corrected chi connectivity index (χ1v) is 7.32. The molecule has 0 bridgehead atoms. The van der Waals surface area contributed by atoms with Crippen LogP contribution in [0.3, 0.4) is 0 Å². The Hall–Kier alpha value is -2.12. The van der Waals surface area contributed by atoms with E-state index in [4.69, 9.17) is 14.2 Å². The van der Waals surface area contributed by atoms with Crippen LogP contribution in [0.4, 0.5) is 5.69 Å². The second-order valence-electron chi connectivity index (χ2n) is 5.47. The summed E-state index contributed by atoms with van der Waals surface area (Å²) in [5.74, 6) is 0.839.